The highest BCUT2D eigenvalue weighted by Crippen LogP contribution is 2.16. The fourth-order valence-electron chi connectivity index (χ4n) is 4.26. The SMILES string of the molecule is CN=C(NCC(OC)c1ccc(F)cc1)N1CCN(CC(=O)N2CCCCCC2)CC1. The second-order valence-corrected chi connectivity index (χ2v) is 8.26. The molecule has 172 valence electrons. The number of carbonyl (C=O) groups is 1. The molecule has 0 spiro atoms. The van der Waals surface area contributed by atoms with E-state index < -0.39 is 0 Å². The first-order chi connectivity index (χ1) is 15.1. The Hall–Kier alpha value is -2.19. The molecule has 2 heterocycles. The van der Waals surface area contributed by atoms with Crippen LogP contribution in [-0.2, 0) is 9.53 Å². The monoisotopic (exact) mass is 433 g/mol. The summed E-state index contributed by atoms with van der Waals surface area (Å²) in [5.41, 5.74) is 0.920. The first kappa shape index (κ1) is 23.5. The smallest absolute Gasteiger partial charge is 0.236 e. The maximum Gasteiger partial charge on any atom is 0.236 e. The largest absolute Gasteiger partial charge is 0.375 e. The van der Waals surface area contributed by atoms with Gasteiger partial charge in [0.1, 0.15) is 5.82 Å². The number of nitrogens with zero attached hydrogens (tertiary/aromatic N) is 4. The van der Waals surface area contributed by atoms with E-state index in [9.17, 15) is 9.18 Å². The van der Waals surface area contributed by atoms with Crippen molar-refractivity contribution in [2.75, 3.05) is 66.5 Å². The number of benzene rings is 1. The molecule has 0 aromatic heterocycles. The van der Waals surface area contributed by atoms with E-state index in [-0.39, 0.29) is 17.8 Å². The van der Waals surface area contributed by atoms with Gasteiger partial charge in [0.2, 0.25) is 5.91 Å². The van der Waals surface area contributed by atoms with Gasteiger partial charge in [-0.25, -0.2) is 4.39 Å². The molecule has 1 aromatic carbocycles. The zero-order valence-corrected chi connectivity index (χ0v) is 18.9. The van der Waals surface area contributed by atoms with Gasteiger partial charge in [0.25, 0.3) is 0 Å². The molecule has 2 fully saturated rings. The van der Waals surface area contributed by atoms with Gasteiger partial charge in [-0.1, -0.05) is 25.0 Å². The summed E-state index contributed by atoms with van der Waals surface area (Å²) in [6.07, 6.45) is 4.54. The molecule has 1 aromatic rings. The number of carbonyl (C=O) groups excluding carboxylic acids is 1. The number of halogens is 1. The second kappa shape index (κ2) is 12.0. The zero-order chi connectivity index (χ0) is 22.1. The molecule has 1 unspecified atom stereocenters. The van der Waals surface area contributed by atoms with E-state index in [0.717, 1.165) is 63.6 Å². The van der Waals surface area contributed by atoms with Gasteiger partial charge in [-0.2, -0.15) is 0 Å². The molecule has 0 bridgehead atoms. The van der Waals surface area contributed by atoms with E-state index in [2.05, 4.69) is 20.1 Å². The Balaban J connectivity index is 1.45. The number of likely N-dealkylation sites (tertiary alicyclic amines) is 1. The van der Waals surface area contributed by atoms with Crippen LogP contribution >= 0.6 is 0 Å². The molecule has 8 heteroatoms. The summed E-state index contributed by atoms with van der Waals surface area (Å²) >= 11 is 0. The molecule has 1 atom stereocenters. The number of methoxy groups -OCH3 is 1. The molecule has 0 aliphatic carbocycles. The Morgan fingerprint density at radius 2 is 1.68 bits per heavy atom. The van der Waals surface area contributed by atoms with Crippen molar-refractivity contribution in [3.05, 3.63) is 35.6 Å². The van der Waals surface area contributed by atoms with Crippen LogP contribution in [0.3, 0.4) is 0 Å². The van der Waals surface area contributed by atoms with Crippen LogP contribution in [0.15, 0.2) is 29.3 Å². The minimum absolute atomic E-state index is 0.190. The average Bonchev–Trinajstić information content (AvgIpc) is 3.08. The number of amides is 1. The van der Waals surface area contributed by atoms with E-state index in [1.807, 2.05) is 4.90 Å². The lowest BCUT2D eigenvalue weighted by atomic mass is 10.1. The van der Waals surface area contributed by atoms with Gasteiger partial charge in [-0.05, 0) is 30.5 Å². The zero-order valence-electron chi connectivity index (χ0n) is 18.9. The Bertz CT molecular complexity index is 711. The summed E-state index contributed by atoms with van der Waals surface area (Å²) in [4.78, 5) is 23.6. The van der Waals surface area contributed by atoms with Crippen molar-refractivity contribution >= 4 is 11.9 Å². The number of piperazine rings is 1. The minimum atomic E-state index is -0.255. The molecule has 2 aliphatic heterocycles. The van der Waals surface area contributed by atoms with Crippen LogP contribution in [0.25, 0.3) is 0 Å². The Kier molecular flexibility index (Phi) is 9.09. The first-order valence-electron chi connectivity index (χ1n) is 11.3. The molecule has 0 saturated carbocycles. The van der Waals surface area contributed by atoms with Crippen LogP contribution < -0.4 is 5.32 Å². The number of hydrogen-bond donors (Lipinski definition) is 1. The summed E-state index contributed by atoms with van der Waals surface area (Å²) in [6.45, 7) is 6.19. The van der Waals surface area contributed by atoms with E-state index >= 15 is 0 Å². The maximum absolute atomic E-state index is 13.2. The molecule has 1 amide bonds. The van der Waals surface area contributed by atoms with E-state index in [1.54, 1.807) is 26.3 Å². The molecule has 0 radical (unpaired) electrons. The quantitative estimate of drug-likeness (QED) is 0.550. The average molecular weight is 434 g/mol. The van der Waals surface area contributed by atoms with E-state index in [4.69, 9.17) is 4.74 Å². The lowest BCUT2D eigenvalue weighted by molar-refractivity contribution is -0.132. The molecule has 2 aliphatic rings. The van der Waals surface area contributed by atoms with Crippen molar-refractivity contribution in [3.8, 4) is 0 Å². The number of ether oxygens (including phenoxy) is 1. The third kappa shape index (κ3) is 6.90. The summed E-state index contributed by atoms with van der Waals surface area (Å²) in [7, 11) is 3.43. The van der Waals surface area contributed by atoms with Crippen molar-refractivity contribution in [3.63, 3.8) is 0 Å². The Morgan fingerprint density at radius 3 is 2.26 bits per heavy atom. The van der Waals surface area contributed by atoms with Gasteiger partial charge in [0.05, 0.1) is 12.6 Å². The molecule has 1 N–H and O–H groups in total. The topological polar surface area (TPSA) is 60.4 Å². The molecular formula is C23H36FN5O2. The van der Waals surface area contributed by atoms with Gasteiger partial charge in [-0.3, -0.25) is 14.7 Å². The van der Waals surface area contributed by atoms with E-state index in [0.29, 0.717) is 13.1 Å². The second-order valence-electron chi connectivity index (χ2n) is 8.26. The third-order valence-electron chi connectivity index (χ3n) is 6.17. The standard InChI is InChI=1S/C23H36FN5O2/c1-25-23(26-17-21(31-2)19-7-9-20(24)10-8-19)29-15-13-27(14-16-29)18-22(30)28-11-5-3-4-6-12-28/h7-10,21H,3-6,11-18H2,1-2H3,(H,25,26). The summed E-state index contributed by atoms with van der Waals surface area (Å²) < 4.78 is 18.8. The molecule has 7 nitrogen and oxygen atoms in total. The minimum Gasteiger partial charge on any atom is -0.375 e. The summed E-state index contributed by atoms with van der Waals surface area (Å²) in [5.74, 6) is 0.831. The molecule has 31 heavy (non-hydrogen) atoms. The van der Waals surface area contributed by atoms with Crippen molar-refractivity contribution in [1.29, 1.82) is 0 Å². The maximum atomic E-state index is 13.2. The highest BCUT2D eigenvalue weighted by Gasteiger charge is 2.24. The van der Waals surface area contributed by atoms with Gasteiger partial charge in [0, 0.05) is 60.0 Å². The normalized spacial score (nSPS) is 19.8. The number of rotatable bonds is 6. The Labute approximate surface area is 185 Å². The number of aliphatic imine (C=N–C) groups is 1. The predicted molar refractivity (Wildman–Crippen MR) is 121 cm³/mol. The van der Waals surface area contributed by atoms with Gasteiger partial charge < -0.3 is 19.9 Å². The first-order valence-corrected chi connectivity index (χ1v) is 11.3. The highest BCUT2D eigenvalue weighted by molar-refractivity contribution is 5.80. The summed E-state index contributed by atoms with van der Waals surface area (Å²) in [6, 6.07) is 6.38. The van der Waals surface area contributed by atoms with Gasteiger partial charge in [-0.15, -0.1) is 0 Å². The predicted octanol–water partition coefficient (Wildman–Crippen LogP) is 2.11. The van der Waals surface area contributed by atoms with Gasteiger partial charge >= 0.3 is 0 Å². The fourth-order valence-corrected chi connectivity index (χ4v) is 4.26. The van der Waals surface area contributed by atoms with Crippen molar-refractivity contribution in [1.82, 2.24) is 20.0 Å². The van der Waals surface area contributed by atoms with Gasteiger partial charge in [0.15, 0.2) is 5.96 Å². The van der Waals surface area contributed by atoms with Crippen LogP contribution in [0, 0.1) is 5.82 Å². The van der Waals surface area contributed by atoms with Crippen LogP contribution in [-0.4, -0.2) is 93.1 Å². The molecule has 3 rings (SSSR count). The number of hydrogen-bond acceptors (Lipinski definition) is 4. The number of nitrogens with one attached hydrogen (secondary N) is 1. The van der Waals surface area contributed by atoms with E-state index in [1.165, 1.54) is 25.0 Å². The third-order valence-corrected chi connectivity index (χ3v) is 6.17. The number of guanidine groups is 1. The Morgan fingerprint density at radius 1 is 1.03 bits per heavy atom. The lowest BCUT2D eigenvalue weighted by Gasteiger charge is -2.37. The van der Waals surface area contributed by atoms with Crippen LogP contribution in [0.4, 0.5) is 4.39 Å². The van der Waals surface area contributed by atoms with Crippen molar-refractivity contribution in [2.24, 2.45) is 4.99 Å². The van der Waals surface area contributed by atoms with Crippen LogP contribution in [0.2, 0.25) is 0 Å². The van der Waals surface area contributed by atoms with Crippen LogP contribution in [0.1, 0.15) is 37.4 Å². The fraction of sp³-hybridized carbons (Fsp3) is 0.652. The molecular weight excluding hydrogens is 397 g/mol. The highest BCUT2D eigenvalue weighted by atomic mass is 19.1. The van der Waals surface area contributed by atoms with Crippen LogP contribution in [0.5, 0.6) is 0 Å². The lowest BCUT2D eigenvalue weighted by Crippen LogP contribution is -2.54. The summed E-state index contributed by atoms with van der Waals surface area (Å²) in [5, 5.41) is 3.38. The van der Waals surface area contributed by atoms with Crippen molar-refractivity contribution < 1.29 is 13.9 Å². The molecule has 2 saturated heterocycles. The van der Waals surface area contributed by atoms with Crippen molar-refractivity contribution in [2.45, 2.75) is 31.8 Å².